The highest BCUT2D eigenvalue weighted by molar-refractivity contribution is 9.10. The van der Waals surface area contributed by atoms with Crippen LogP contribution in [0.3, 0.4) is 0 Å². The van der Waals surface area contributed by atoms with Crippen LogP contribution in [0.5, 0.6) is 0 Å². The second-order valence-corrected chi connectivity index (χ2v) is 9.49. The maximum Gasteiger partial charge on any atom is 0.0726 e. The molecule has 2 aliphatic rings. The molecule has 0 heterocycles. The van der Waals surface area contributed by atoms with Crippen LogP contribution < -0.4 is 0 Å². The number of benzene rings is 4. The summed E-state index contributed by atoms with van der Waals surface area (Å²) in [5.74, 6) is 0. The third kappa shape index (κ3) is 2.10. The number of hydrogen-bond donors (Lipinski definition) is 0. The lowest BCUT2D eigenvalue weighted by atomic mass is 9.70. The summed E-state index contributed by atoms with van der Waals surface area (Å²) in [6.07, 6.45) is 0. The van der Waals surface area contributed by atoms with Crippen LogP contribution in [0, 0.1) is 13.8 Å². The van der Waals surface area contributed by atoms with Crippen molar-refractivity contribution in [2.24, 2.45) is 0 Å². The molecule has 0 aliphatic heterocycles. The quantitative estimate of drug-likeness (QED) is 0.216. The molecule has 0 aromatic heterocycles. The fourth-order valence-corrected chi connectivity index (χ4v) is 6.18. The van der Waals surface area contributed by atoms with Crippen LogP contribution in [-0.4, -0.2) is 0 Å². The van der Waals surface area contributed by atoms with Gasteiger partial charge in [0, 0.05) is 15.1 Å². The minimum Gasteiger partial charge on any atom is -0.0843 e. The molecule has 0 amide bonds. The normalized spacial score (nSPS) is 14.5. The van der Waals surface area contributed by atoms with Crippen LogP contribution >= 0.6 is 27.5 Å². The van der Waals surface area contributed by atoms with Crippen molar-refractivity contribution in [3.63, 3.8) is 0 Å². The number of aryl methyl sites for hydroxylation is 2. The highest BCUT2D eigenvalue weighted by Crippen LogP contribution is 2.64. The molecular formula is C27H18BrCl. The van der Waals surface area contributed by atoms with Crippen LogP contribution in [0.2, 0.25) is 5.02 Å². The van der Waals surface area contributed by atoms with E-state index in [9.17, 15) is 0 Å². The molecule has 29 heavy (non-hydrogen) atoms. The van der Waals surface area contributed by atoms with E-state index in [1.54, 1.807) is 0 Å². The van der Waals surface area contributed by atoms with Gasteiger partial charge >= 0.3 is 0 Å². The molecule has 2 aliphatic carbocycles. The lowest BCUT2D eigenvalue weighted by Gasteiger charge is -2.31. The van der Waals surface area contributed by atoms with Crippen LogP contribution in [0.15, 0.2) is 77.3 Å². The largest absolute Gasteiger partial charge is 0.0843 e. The van der Waals surface area contributed by atoms with Gasteiger partial charge in [0.2, 0.25) is 0 Å². The van der Waals surface area contributed by atoms with Gasteiger partial charge in [0.05, 0.1) is 5.41 Å². The second kappa shape index (κ2) is 5.84. The monoisotopic (exact) mass is 456 g/mol. The maximum atomic E-state index is 6.57. The average Bonchev–Trinajstić information content (AvgIpc) is 3.14. The van der Waals surface area contributed by atoms with Gasteiger partial charge in [-0.25, -0.2) is 0 Å². The molecule has 0 radical (unpaired) electrons. The molecule has 0 N–H and O–H groups in total. The summed E-state index contributed by atoms with van der Waals surface area (Å²) in [7, 11) is 0. The minimum atomic E-state index is -0.331. The van der Waals surface area contributed by atoms with Crippen molar-refractivity contribution in [2.75, 3.05) is 0 Å². The van der Waals surface area contributed by atoms with E-state index in [0.29, 0.717) is 0 Å². The van der Waals surface area contributed by atoms with Crippen molar-refractivity contribution >= 4 is 27.5 Å². The number of hydrogen-bond acceptors (Lipinski definition) is 0. The highest BCUT2D eigenvalue weighted by atomic mass is 79.9. The second-order valence-electron chi connectivity index (χ2n) is 8.20. The fraction of sp³-hybridized carbons (Fsp3) is 0.111. The van der Waals surface area contributed by atoms with Gasteiger partial charge in [-0.1, -0.05) is 93.3 Å². The van der Waals surface area contributed by atoms with Crippen molar-refractivity contribution < 1.29 is 0 Å². The first-order valence-corrected chi connectivity index (χ1v) is 11.0. The van der Waals surface area contributed by atoms with Gasteiger partial charge < -0.3 is 0 Å². The zero-order valence-corrected chi connectivity index (χ0v) is 18.5. The van der Waals surface area contributed by atoms with Gasteiger partial charge in [-0.2, -0.15) is 0 Å². The molecule has 0 fully saturated rings. The molecule has 0 nitrogen and oxygen atoms in total. The Bertz CT molecular complexity index is 1290. The van der Waals surface area contributed by atoms with Crippen molar-refractivity contribution in [1.82, 2.24) is 0 Å². The Morgan fingerprint density at radius 2 is 1.24 bits per heavy atom. The van der Waals surface area contributed by atoms with E-state index in [1.165, 1.54) is 55.6 Å². The summed E-state index contributed by atoms with van der Waals surface area (Å²) < 4.78 is 1.13. The van der Waals surface area contributed by atoms with Gasteiger partial charge in [-0.3, -0.25) is 0 Å². The van der Waals surface area contributed by atoms with Gasteiger partial charge in [-0.05, 0) is 71.0 Å². The average molecular weight is 458 g/mol. The van der Waals surface area contributed by atoms with E-state index in [4.69, 9.17) is 11.6 Å². The number of rotatable bonds is 0. The highest BCUT2D eigenvalue weighted by Gasteiger charge is 2.52. The molecule has 6 rings (SSSR count). The molecule has 4 aromatic rings. The summed E-state index contributed by atoms with van der Waals surface area (Å²) in [4.78, 5) is 0. The van der Waals surface area contributed by atoms with Crippen LogP contribution in [0.25, 0.3) is 22.3 Å². The first-order valence-electron chi connectivity index (χ1n) is 9.84. The van der Waals surface area contributed by atoms with Crippen molar-refractivity contribution in [3.8, 4) is 22.3 Å². The zero-order valence-electron chi connectivity index (χ0n) is 16.2. The minimum absolute atomic E-state index is 0.331. The third-order valence-electron chi connectivity index (χ3n) is 6.52. The summed E-state index contributed by atoms with van der Waals surface area (Å²) in [5.41, 5.74) is 12.7. The van der Waals surface area contributed by atoms with E-state index < -0.39 is 0 Å². The summed E-state index contributed by atoms with van der Waals surface area (Å²) >= 11 is 10.4. The SMILES string of the molecule is Cc1ccc2c(c1)C1(c3cc(C)ccc3-2)c2cc(Cl)ccc2-c2c(Br)cccc21. The predicted molar refractivity (Wildman–Crippen MR) is 125 cm³/mol. The molecular weight excluding hydrogens is 440 g/mol. The van der Waals surface area contributed by atoms with Crippen molar-refractivity contribution in [2.45, 2.75) is 19.3 Å². The first kappa shape index (κ1) is 17.5. The van der Waals surface area contributed by atoms with Gasteiger partial charge in [0.15, 0.2) is 0 Å². The standard InChI is InChI=1S/C27H18BrCl/c1-15-6-9-18-19-10-7-16(2)13-23(19)27(22(18)12-15)21-4-3-5-25(28)26(21)20-11-8-17(29)14-24(20)27/h3-14H,1-2H3. The maximum absolute atomic E-state index is 6.57. The van der Waals surface area contributed by atoms with Crippen molar-refractivity contribution in [3.05, 3.63) is 116 Å². The number of fused-ring (bicyclic) bond motifs is 10. The molecule has 0 saturated heterocycles. The first-order chi connectivity index (χ1) is 14.0. The third-order valence-corrected chi connectivity index (χ3v) is 7.42. The summed E-state index contributed by atoms with van der Waals surface area (Å²) in [6, 6.07) is 26.7. The smallest absolute Gasteiger partial charge is 0.0726 e. The molecule has 140 valence electrons. The van der Waals surface area contributed by atoms with E-state index in [-0.39, 0.29) is 5.41 Å². The van der Waals surface area contributed by atoms with Crippen molar-refractivity contribution in [1.29, 1.82) is 0 Å². The van der Waals surface area contributed by atoms with Crippen LogP contribution in [-0.2, 0) is 5.41 Å². The molecule has 1 spiro atoms. The Morgan fingerprint density at radius 1 is 0.655 bits per heavy atom. The molecule has 0 bridgehead atoms. The topological polar surface area (TPSA) is 0 Å². The van der Waals surface area contributed by atoms with E-state index >= 15 is 0 Å². The number of halogens is 2. The van der Waals surface area contributed by atoms with Crippen LogP contribution in [0.1, 0.15) is 33.4 Å². The lowest BCUT2D eigenvalue weighted by molar-refractivity contribution is 0.791. The van der Waals surface area contributed by atoms with Gasteiger partial charge in [0.1, 0.15) is 0 Å². The van der Waals surface area contributed by atoms with Gasteiger partial charge in [0.25, 0.3) is 0 Å². The van der Waals surface area contributed by atoms with E-state index in [1.807, 2.05) is 6.07 Å². The molecule has 2 heteroatoms. The van der Waals surface area contributed by atoms with Crippen LogP contribution in [0.4, 0.5) is 0 Å². The Balaban J connectivity index is 1.89. The Kier molecular flexibility index (Phi) is 3.53. The van der Waals surface area contributed by atoms with E-state index in [2.05, 4.69) is 96.5 Å². The molecule has 0 saturated carbocycles. The summed E-state index contributed by atoms with van der Waals surface area (Å²) in [5, 5.41) is 0.780. The predicted octanol–water partition coefficient (Wildman–Crippen LogP) is 8.06. The zero-order chi connectivity index (χ0) is 19.9. The van der Waals surface area contributed by atoms with E-state index in [0.717, 1.165) is 9.50 Å². The molecule has 0 atom stereocenters. The lowest BCUT2D eigenvalue weighted by Crippen LogP contribution is -2.26. The fourth-order valence-electron chi connectivity index (χ4n) is 5.43. The Morgan fingerprint density at radius 3 is 1.90 bits per heavy atom. The molecule has 0 unspecified atom stereocenters. The van der Waals surface area contributed by atoms with Gasteiger partial charge in [-0.15, -0.1) is 0 Å². The summed E-state index contributed by atoms with van der Waals surface area (Å²) in [6.45, 7) is 4.36. The Labute approximate surface area is 184 Å². The Hall–Kier alpha value is -2.35. The molecule has 4 aromatic carbocycles.